The predicted octanol–water partition coefficient (Wildman–Crippen LogP) is 0.580. The van der Waals surface area contributed by atoms with Crippen molar-refractivity contribution >= 4 is 15.7 Å². The Morgan fingerprint density at radius 2 is 1.88 bits per heavy atom. The van der Waals surface area contributed by atoms with Crippen LogP contribution in [0.2, 0.25) is 0 Å². The van der Waals surface area contributed by atoms with Crippen molar-refractivity contribution in [1.82, 2.24) is 19.9 Å². The van der Waals surface area contributed by atoms with E-state index >= 15 is 0 Å². The lowest BCUT2D eigenvalue weighted by Gasteiger charge is -2.49. The van der Waals surface area contributed by atoms with Gasteiger partial charge in [0.05, 0.1) is 12.4 Å². The van der Waals surface area contributed by atoms with Crippen molar-refractivity contribution in [2.45, 2.75) is 11.2 Å². The second-order valence-electron chi connectivity index (χ2n) is 6.58. The molecule has 2 aliphatic heterocycles. The quantitative estimate of drug-likeness (QED) is 0.771. The van der Waals surface area contributed by atoms with E-state index in [0.717, 1.165) is 0 Å². The van der Waals surface area contributed by atoms with E-state index in [1.807, 2.05) is 6.07 Å². The molecule has 2 aromatic heterocycles. The fourth-order valence-electron chi connectivity index (χ4n) is 3.62. The molecule has 136 valence electrons. The van der Waals surface area contributed by atoms with E-state index in [0.29, 0.717) is 12.3 Å². The number of ether oxygens (including phenoxy) is 1. The van der Waals surface area contributed by atoms with Crippen LogP contribution in [0.25, 0.3) is 0 Å². The molecule has 0 aromatic carbocycles. The lowest BCUT2D eigenvalue weighted by Crippen LogP contribution is -2.69. The smallest absolute Gasteiger partial charge is 0.291 e. The number of nitrogens with zero attached hydrogens (tertiary/aromatic N) is 4. The molecule has 0 bridgehead atoms. The van der Waals surface area contributed by atoms with Crippen molar-refractivity contribution < 1.29 is 17.9 Å². The van der Waals surface area contributed by atoms with Crippen LogP contribution in [-0.4, -0.2) is 64.4 Å². The van der Waals surface area contributed by atoms with Crippen LogP contribution in [0.15, 0.2) is 42.9 Å². The summed E-state index contributed by atoms with van der Waals surface area (Å²) in [4.78, 5) is 25.9. The average Bonchev–Trinajstić information content (AvgIpc) is 2.90. The number of carbonyl (C=O) groups excluding carboxylic acids is 1. The van der Waals surface area contributed by atoms with Gasteiger partial charge in [-0.2, -0.15) is 0 Å². The van der Waals surface area contributed by atoms with Crippen LogP contribution in [0.5, 0.6) is 5.88 Å². The lowest BCUT2D eigenvalue weighted by molar-refractivity contribution is 0.0395. The monoisotopic (exact) mass is 374 g/mol. The summed E-state index contributed by atoms with van der Waals surface area (Å²) in [6, 6.07) is 6.96. The maximum Gasteiger partial charge on any atom is 0.291 e. The van der Waals surface area contributed by atoms with Crippen molar-refractivity contribution in [3.8, 4) is 5.88 Å². The normalized spacial score (nSPS) is 22.8. The van der Waals surface area contributed by atoms with E-state index in [1.165, 1.54) is 17.3 Å². The molecule has 2 saturated heterocycles. The van der Waals surface area contributed by atoms with Gasteiger partial charge in [-0.15, -0.1) is 0 Å². The Balaban J connectivity index is 1.47. The van der Waals surface area contributed by atoms with Crippen LogP contribution < -0.4 is 4.74 Å². The predicted molar refractivity (Wildman–Crippen MR) is 92.3 cm³/mol. The highest BCUT2D eigenvalue weighted by molar-refractivity contribution is 7.93. The van der Waals surface area contributed by atoms with E-state index < -0.39 is 14.6 Å². The summed E-state index contributed by atoms with van der Waals surface area (Å²) in [5.74, 6) is 0.154. The summed E-state index contributed by atoms with van der Waals surface area (Å²) < 4.78 is 30.1. The molecule has 4 rings (SSSR count). The molecule has 9 heteroatoms. The van der Waals surface area contributed by atoms with Crippen molar-refractivity contribution in [3.05, 3.63) is 48.7 Å². The molecule has 8 nitrogen and oxygen atoms in total. The van der Waals surface area contributed by atoms with Gasteiger partial charge in [-0.05, 0) is 18.6 Å². The zero-order chi connectivity index (χ0) is 18.2. The number of pyridine rings is 1. The lowest BCUT2D eigenvalue weighted by atomic mass is 9.83. The van der Waals surface area contributed by atoms with Crippen LogP contribution in [0, 0.1) is 5.92 Å². The molecular formula is C17H18N4O4S. The number of likely N-dealkylation sites (tertiary alicyclic amines) is 1. The molecule has 1 unspecified atom stereocenters. The molecule has 0 aliphatic carbocycles. The summed E-state index contributed by atoms with van der Waals surface area (Å²) >= 11 is 0. The molecule has 0 N–H and O–H groups in total. The van der Waals surface area contributed by atoms with Crippen molar-refractivity contribution in [2.24, 2.45) is 5.92 Å². The van der Waals surface area contributed by atoms with Gasteiger partial charge >= 0.3 is 0 Å². The molecule has 2 aromatic rings. The molecule has 4 heterocycles. The van der Waals surface area contributed by atoms with Crippen molar-refractivity contribution in [3.63, 3.8) is 0 Å². The van der Waals surface area contributed by atoms with Gasteiger partial charge in [-0.1, -0.05) is 6.07 Å². The van der Waals surface area contributed by atoms with Crippen LogP contribution >= 0.6 is 0 Å². The number of sulfone groups is 1. The topological polar surface area (TPSA) is 102 Å². The van der Waals surface area contributed by atoms with Gasteiger partial charge in [-0.3, -0.25) is 4.79 Å². The second-order valence-corrected chi connectivity index (χ2v) is 9.03. The van der Waals surface area contributed by atoms with Gasteiger partial charge in [0.2, 0.25) is 11.7 Å². The molecule has 0 saturated carbocycles. The molecule has 1 amide bonds. The van der Waals surface area contributed by atoms with E-state index in [4.69, 9.17) is 4.74 Å². The number of aromatic nitrogens is 3. The van der Waals surface area contributed by atoms with Crippen LogP contribution in [0.4, 0.5) is 0 Å². The Morgan fingerprint density at radius 3 is 2.58 bits per heavy atom. The van der Waals surface area contributed by atoms with Crippen LogP contribution in [0.1, 0.15) is 17.0 Å². The Bertz CT molecular complexity index is 899. The minimum atomic E-state index is -3.29. The van der Waals surface area contributed by atoms with E-state index in [2.05, 4.69) is 15.0 Å². The molecule has 1 spiro atoms. The van der Waals surface area contributed by atoms with Crippen LogP contribution in [-0.2, 0) is 9.84 Å². The Morgan fingerprint density at radius 1 is 1.15 bits per heavy atom. The first-order valence-corrected chi connectivity index (χ1v) is 9.99. The maximum absolute atomic E-state index is 12.7. The largest absolute Gasteiger partial charge is 0.477 e. The van der Waals surface area contributed by atoms with Crippen LogP contribution in [0.3, 0.4) is 0 Å². The first-order chi connectivity index (χ1) is 12.5. The highest BCUT2D eigenvalue weighted by atomic mass is 32.2. The molecule has 2 fully saturated rings. The molecule has 0 radical (unpaired) electrons. The first kappa shape index (κ1) is 16.9. The van der Waals surface area contributed by atoms with Gasteiger partial charge < -0.3 is 9.64 Å². The summed E-state index contributed by atoms with van der Waals surface area (Å²) in [6.45, 7) is 0.575. The average molecular weight is 374 g/mol. The number of amides is 1. The van der Waals surface area contributed by atoms with Crippen molar-refractivity contribution in [2.75, 3.05) is 25.4 Å². The fourth-order valence-corrected chi connectivity index (χ4v) is 6.02. The van der Waals surface area contributed by atoms with Gasteiger partial charge in [-0.25, -0.2) is 23.4 Å². The number of hydrogen-bond donors (Lipinski definition) is 0. The summed E-state index contributed by atoms with van der Waals surface area (Å²) in [6.07, 6.45) is 5.14. The van der Waals surface area contributed by atoms with Gasteiger partial charge in [0.25, 0.3) is 5.91 Å². The molecular weight excluding hydrogens is 356 g/mol. The Labute approximate surface area is 151 Å². The van der Waals surface area contributed by atoms with Gasteiger partial charge in [0.15, 0.2) is 9.84 Å². The molecule has 26 heavy (non-hydrogen) atoms. The summed E-state index contributed by atoms with van der Waals surface area (Å²) in [5, 5.41) is 0. The Hall–Kier alpha value is -2.55. The standard InChI is InChI=1S/C17H18N4O4S/c22-16(15-19-7-3-8-20-15)21-11-17(12-21)13(5-9-26(17,23)24)10-25-14-4-1-2-6-18-14/h1-4,6-8,13H,5,9-12H2. The third-order valence-electron chi connectivity index (χ3n) is 5.13. The third-order valence-corrected chi connectivity index (χ3v) is 7.73. The molecule has 1 atom stereocenters. The number of carbonyl (C=O) groups is 1. The highest BCUT2D eigenvalue weighted by Gasteiger charge is 2.63. The second kappa shape index (κ2) is 6.31. The highest BCUT2D eigenvalue weighted by Crippen LogP contribution is 2.45. The van der Waals surface area contributed by atoms with E-state index in [9.17, 15) is 13.2 Å². The minimum Gasteiger partial charge on any atom is -0.477 e. The third kappa shape index (κ3) is 2.72. The van der Waals surface area contributed by atoms with Gasteiger partial charge in [0, 0.05) is 43.7 Å². The fraction of sp³-hybridized carbons (Fsp3) is 0.412. The molecule has 2 aliphatic rings. The zero-order valence-electron chi connectivity index (χ0n) is 14.0. The SMILES string of the molecule is O=C(c1ncccn1)N1CC2(C1)C(COc1ccccn1)CCS2(=O)=O. The maximum atomic E-state index is 12.7. The van der Waals surface area contributed by atoms with Crippen molar-refractivity contribution in [1.29, 1.82) is 0 Å². The Kier molecular flexibility index (Phi) is 4.10. The summed E-state index contributed by atoms with van der Waals surface area (Å²) in [7, 11) is -3.29. The van der Waals surface area contributed by atoms with E-state index in [-0.39, 0.29) is 43.1 Å². The zero-order valence-corrected chi connectivity index (χ0v) is 14.8. The van der Waals surface area contributed by atoms with E-state index in [1.54, 1.807) is 24.4 Å². The number of rotatable bonds is 4. The van der Waals surface area contributed by atoms with Gasteiger partial charge in [0.1, 0.15) is 4.75 Å². The first-order valence-electron chi connectivity index (χ1n) is 8.34. The summed E-state index contributed by atoms with van der Waals surface area (Å²) in [5.41, 5.74) is 0. The number of hydrogen-bond acceptors (Lipinski definition) is 7. The minimum absolute atomic E-state index is 0.0824.